The van der Waals surface area contributed by atoms with E-state index in [9.17, 15) is 14.9 Å². The molecular formula is C19H18N6O2S2. The largest absolute Gasteiger partial charge is 0.397 e. The van der Waals surface area contributed by atoms with E-state index in [0.717, 1.165) is 16.2 Å². The Morgan fingerprint density at radius 1 is 1.28 bits per heavy atom. The fourth-order valence-electron chi connectivity index (χ4n) is 3.70. The van der Waals surface area contributed by atoms with E-state index in [4.69, 9.17) is 22.2 Å². The van der Waals surface area contributed by atoms with Crippen LogP contribution in [-0.4, -0.2) is 29.9 Å². The molecule has 2 amide bonds. The lowest BCUT2D eigenvalue weighted by Gasteiger charge is -2.32. The SMILES string of the molecule is N#Cc1c(N2CCC(C(N)=O)CC2)nc2sc(C(N)=O)c(N)c2c1-c1cccs1. The molecule has 0 radical (unpaired) electrons. The van der Waals surface area contributed by atoms with Gasteiger partial charge in [-0.2, -0.15) is 5.26 Å². The molecule has 148 valence electrons. The van der Waals surface area contributed by atoms with Gasteiger partial charge in [0.05, 0.1) is 5.69 Å². The summed E-state index contributed by atoms with van der Waals surface area (Å²) >= 11 is 2.61. The maximum Gasteiger partial charge on any atom is 0.260 e. The van der Waals surface area contributed by atoms with Crippen LogP contribution >= 0.6 is 22.7 Å². The van der Waals surface area contributed by atoms with Crippen molar-refractivity contribution in [2.24, 2.45) is 17.4 Å². The summed E-state index contributed by atoms with van der Waals surface area (Å²) in [4.78, 5) is 31.7. The molecule has 0 bridgehead atoms. The van der Waals surface area contributed by atoms with E-state index in [1.54, 1.807) is 0 Å². The maximum absolute atomic E-state index is 11.8. The van der Waals surface area contributed by atoms with Crippen LogP contribution in [0.2, 0.25) is 0 Å². The molecule has 10 heteroatoms. The summed E-state index contributed by atoms with van der Waals surface area (Å²) in [5, 5.41) is 12.5. The maximum atomic E-state index is 11.8. The average molecular weight is 427 g/mol. The lowest BCUT2D eigenvalue weighted by Crippen LogP contribution is -2.39. The van der Waals surface area contributed by atoms with Gasteiger partial charge in [-0.25, -0.2) is 4.98 Å². The van der Waals surface area contributed by atoms with Gasteiger partial charge in [-0.3, -0.25) is 9.59 Å². The number of aromatic nitrogens is 1. The molecule has 3 aromatic rings. The number of nitrogen functional groups attached to an aromatic ring is 1. The van der Waals surface area contributed by atoms with Crippen molar-refractivity contribution in [1.82, 2.24) is 4.98 Å². The third-order valence-corrected chi connectivity index (χ3v) is 7.16. The number of hydrogen-bond acceptors (Lipinski definition) is 8. The standard InChI is InChI=1S/C19H18N6O2S2/c20-8-10-12(11-2-1-7-28-11)13-14(21)15(17(23)27)29-19(13)24-18(10)25-5-3-9(4-6-25)16(22)26/h1-2,7,9H,3-6,21H2,(H2,22,26)(H2,23,27). The fraction of sp³-hybridized carbons (Fsp3) is 0.263. The Bertz CT molecular complexity index is 1150. The zero-order chi connectivity index (χ0) is 20.7. The number of nitrogens with zero attached hydrogens (tertiary/aromatic N) is 3. The first-order valence-electron chi connectivity index (χ1n) is 8.96. The molecule has 1 saturated heterocycles. The summed E-state index contributed by atoms with van der Waals surface area (Å²) in [7, 11) is 0. The van der Waals surface area contributed by atoms with Crippen LogP contribution in [0.15, 0.2) is 17.5 Å². The van der Waals surface area contributed by atoms with E-state index in [1.165, 1.54) is 11.3 Å². The quantitative estimate of drug-likeness (QED) is 0.582. The summed E-state index contributed by atoms with van der Waals surface area (Å²) in [5.41, 5.74) is 18.5. The highest BCUT2D eigenvalue weighted by Gasteiger charge is 2.29. The first kappa shape index (κ1) is 19.2. The second kappa shape index (κ2) is 7.35. The molecule has 0 spiro atoms. The van der Waals surface area contributed by atoms with Crippen LogP contribution in [0.3, 0.4) is 0 Å². The minimum Gasteiger partial charge on any atom is -0.397 e. The van der Waals surface area contributed by atoms with Crippen molar-refractivity contribution in [3.05, 3.63) is 28.0 Å². The van der Waals surface area contributed by atoms with Gasteiger partial charge in [0.1, 0.15) is 27.2 Å². The minimum absolute atomic E-state index is 0.170. The van der Waals surface area contributed by atoms with Gasteiger partial charge in [0.25, 0.3) is 5.91 Å². The fourth-order valence-corrected chi connectivity index (χ4v) is 5.44. The molecule has 4 rings (SSSR count). The van der Waals surface area contributed by atoms with Crippen molar-refractivity contribution in [1.29, 1.82) is 5.26 Å². The Labute approximate surface area is 174 Å². The van der Waals surface area contributed by atoms with Crippen LogP contribution in [0.5, 0.6) is 0 Å². The van der Waals surface area contributed by atoms with E-state index in [0.29, 0.717) is 53.1 Å². The van der Waals surface area contributed by atoms with Crippen LogP contribution in [0.4, 0.5) is 11.5 Å². The number of nitrogens with two attached hydrogens (primary N) is 3. The van der Waals surface area contributed by atoms with Crippen LogP contribution in [0.25, 0.3) is 20.7 Å². The molecule has 1 aliphatic rings. The number of thiophene rings is 2. The summed E-state index contributed by atoms with van der Waals surface area (Å²) in [5.74, 6) is -0.561. The number of hydrogen-bond donors (Lipinski definition) is 3. The van der Waals surface area contributed by atoms with Crippen molar-refractivity contribution < 1.29 is 9.59 Å². The number of primary amides is 2. The number of carbonyl (C=O) groups is 2. The first-order chi connectivity index (χ1) is 13.9. The normalized spacial score (nSPS) is 14.8. The number of anilines is 2. The van der Waals surface area contributed by atoms with Crippen LogP contribution < -0.4 is 22.1 Å². The molecular weight excluding hydrogens is 408 g/mol. The number of amides is 2. The third kappa shape index (κ3) is 3.18. The minimum atomic E-state index is -0.620. The van der Waals surface area contributed by atoms with Gasteiger partial charge < -0.3 is 22.1 Å². The second-order valence-electron chi connectivity index (χ2n) is 6.83. The van der Waals surface area contributed by atoms with Crippen LogP contribution in [0.1, 0.15) is 28.1 Å². The van der Waals surface area contributed by atoms with Gasteiger partial charge >= 0.3 is 0 Å². The molecule has 6 N–H and O–H groups in total. The molecule has 0 saturated carbocycles. The molecule has 0 atom stereocenters. The van der Waals surface area contributed by atoms with Gasteiger partial charge in [-0.1, -0.05) is 6.07 Å². The second-order valence-corrected chi connectivity index (χ2v) is 8.77. The lowest BCUT2D eigenvalue weighted by atomic mass is 9.95. The van der Waals surface area contributed by atoms with Gasteiger partial charge in [-0.05, 0) is 24.3 Å². The van der Waals surface area contributed by atoms with E-state index < -0.39 is 5.91 Å². The highest BCUT2D eigenvalue weighted by atomic mass is 32.1. The number of rotatable bonds is 4. The number of carbonyl (C=O) groups excluding carboxylic acids is 2. The zero-order valence-electron chi connectivity index (χ0n) is 15.3. The third-order valence-electron chi connectivity index (χ3n) is 5.16. The van der Waals surface area contributed by atoms with E-state index in [-0.39, 0.29) is 22.4 Å². The molecule has 0 aromatic carbocycles. The van der Waals surface area contributed by atoms with Crippen molar-refractivity contribution >= 4 is 56.2 Å². The molecule has 1 aliphatic heterocycles. The number of piperidine rings is 1. The summed E-state index contributed by atoms with van der Waals surface area (Å²) in [6.45, 7) is 1.13. The van der Waals surface area contributed by atoms with Crippen molar-refractivity contribution in [2.45, 2.75) is 12.8 Å². The van der Waals surface area contributed by atoms with Gasteiger partial charge in [0.2, 0.25) is 5.91 Å². The van der Waals surface area contributed by atoms with Crippen molar-refractivity contribution in [2.75, 3.05) is 23.7 Å². The predicted octanol–water partition coefficient (Wildman–Crippen LogP) is 2.28. The Balaban J connectivity index is 1.94. The van der Waals surface area contributed by atoms with E-state index >= 15 is 0 Å². The summed E-state index contributed by atoms with van der Waals surface area (Å²) < 4.78 is 0. The molecule has 1 fully saturated rings. The monoisotopic (exact) mass is 426 g/mol. The summed E-state index contributed by atoms with van der Waals surface area (Å²) in [6, 6.07) is 6.08. The van der Waals surface area contributed by atoms with Crippen molar-refractivity contribution in [3.8, 4) is 16.5 Å². The number of fused-ring (bicyclic) bond motifs is 1. The van der Waals surface area contributed by atoms with E-state index in [1.807, 2.05) is 22.4 Å². The van der Waals surface area contributed by atoms with Gasteiger partial charge in [0, 0.05) is 34.8 Å². The first-order valence-corrected chi connectivity index (χ1v) is 10.7. The zero-order valence-corrected chi connectivity index (χ0v) is 17.0. The molecule has 3 aromatic heterocycles. The van der Waals surface area contributed by atoms with E-state index in [2.05, 4.69) is 6.07 Å². The molecule has 4 heterocycles. The Morgan fingerprint density at radius 3 is 2.55 bits per heavy atom. The lowest BCUT2D eigenvalue weighted by molar-refractivity contribution is -0.122. The van der Waals surface area contributed by atoms with Crippen LogP contribution in [0, 0.1) is 17.2 Å². The molecule has 29 heavy (non-hydrogen) atoms. The Hall–Kier alpha value is -3.16. The molecule has 0 unspecified atom stereocenters. The van der Waals surface area contributed by atoms with Crippen LogP contribution in [-0.2, 0) is 4.79 Å². The Morgan fingerprint density at radius 2 is 2.00 bits per heavy atom. The average Bonchev–Trinajstić information content (AvgIpc) is 3.35. The topological polar surface area (TPSA) is 152 Å². The molecule has 0 aliphatic carbocycles. The molecule has 8 nitrogen and oxygen atoms in total. The van der Waals surface area contributed by atoms with Gasteiger partial charge in [-0.15, -0.1) is 22.7 Å². The summed E-state index contributed by atoms with van der Waals surface area (Å²) in [6.07, 6.45) is 1.21. The number of nitriles is 1. The Kier molecular flexibility index (Phi) is 4.86. The van der Waals surface area contributed by atoms with Crippen molar-refractivity contribution in [3.63, 3.8) is 0 Å². The highest BCUT2D eigenvalue weighted by Crippen LogP contribution is 2.45. The predicted molar refractivity (Wildman–Crippen MR) is 115 cm³/mol. The number of pyridine rings is 1. The highest BCUT2D eigenvalue weighted by molar-refractivity contribution is 7.21. The van der Waals surface area contributed by atoms with Gasteiger partial charge in [0.15, 0.2) is 0 Å². The smallest absolute Gasteiger partial charge is 0.260 e.